The van der Waals surface area contributed by atoms with E-state index in [4.69, 9.17) is 14.2 Å². The Morgan fingerprint density at radius 3 is 2.35 bits per heavy atom. The minimum absolute atomic E-state index is 0.412. The fraction of sp³-hybridized carbons (Fsp3) is 0.310. The highest BCUT2D eigenvalue weighted by atomic mass is 32.1. The second kappa shape index (κ2) is 13.0. The summed E-state index contributed by atoms with van der Waals surface area (Å²) in [5, 5.41) is 11.8. The Kier molecular flexibility index (Phi) is 9.80. The molecule has 1 N–H and O–H groups in total. The molecule has 0 aliphatic rings. The number of fused-ring (bicyclic) bond motifs is 1. The molecule has 5 heteroatoms. The number of aliphatic hydroxyl groups is 1. The van der Waals surface area contributed by atoms with Crippen LogP contribution >= 0.6 is 11.3 Å². The van der Waals surface area contributed by atoms with Crippen molar-refractivity contribution in [2.75, 3.05) is 21.3 Å². The maximum Gasteiger partial charge on any atom is 0.203 e. The van der Waals surface area contributed by atoms with E-state index in [2.05, 4.69) is 55.5 Å². The van der Waals surface area contributed by atoms with Gasteiger partial charge in [0.25, 0.3) is 0 Å². The number of methoxy groups -OCH3 is 3. The molecule has 0 fully saturated rings. The summed E-state index contributed by atoms with van der Waals surface area (Å²) in [4.78, 5) is 1.04. The molecule has 1 atom stereocenters. The zero-order valence-corrected chi connectivity index (χ0v) is 21.2. The van der Waals surface area contributed by atoms with Crippen molar-refractivity contribution >= 4 is 27.5 Å². The number of aliphatic hydroxyl groups excluding tert-OH is 1. The van der Waals surface area contributed by atoms with Crippen LogP contribution in [0.25, 0.3) is 16.2 Å². The number of ether oxygens (including phenoxy) is 3. The van der Waals surface area contributed by atoms with Gasteiger partial charge in [-0.3, -0.25) is 0 Å². The largest absolute Gasteiger partial charge is 0.493 e. The fourth-order valence-electron chi connectivity index (χ4n) is 3.69. The first-order chi connectivity index (χ1) is 16.5. The Bertz CT molecular complexity index is 1100. The maximum absolute atomic E-state index is 10.6. The minimum Gasteiger partial charge on any atom is -0.493 e. The number of unbranched alkanes of at least 4 members (excludes halogenated alkanes) is 1. The number of thiophene rings is 1. The van der Waals surface area contributed by atoms with E-state index in [-0.39, 0.29) is 0 Å². The molecule has 2 aromatic carbocycles. The number of allylic oxidation sites excluding steroid dienone is 5. The van der Waals surface area contributed by atoms with Gasteiger partial charge in [-0.05, 0) is 67.8 Å². The SMILES string of the molecule is COc1cc(/C=C\CC/C=C/C=C(\C)CCC(O)c2cc3ccccc3s2)cc(OC)c1OC. The molecule has 3 aromatic rings. The average Bonchev–Trinajstić information content (AvgIpc) is 3.30. The van der Waals surface area contributed by atoms with Crippen molar-refractivity contribution < 1.29 is 19.3 Å². The minimum atomic E-state index is -0.412. The fourth-order valence-corrected chi connectivity index (χ4v) is 4.78. The second-order valence-corrected chi connectivity index (χ2v) is 9.24. The molecule has 0 aliphatic heterocycles. The lowest BCUT2D eigenvalue weighted by molar-refractivity contribution is 0.171. The Labute approximate surface area is 206 Å². The lowest BCUT2D eigenvalue weighted by Crippen LogP contribution is -1.95. The first kappa shape index (κ1) is 25.6. The molecule has 0 spiro atoms. The van der Waals surface area contributed by atoms with E-state index >= 15 is 0 Å². The van der Waals surface area contributed by atoms with E-state index in [1.807, 2.05) is 24.3 Å². The smallest absolute Gasteiger partial charge is 0.203 e. The van der Waals surface area contributed by atoms with Gasteiger partial charge < -0.3 is 19.3 Å². The second-order valence-electron chi connectivity index (χ2n) is 8.12. The van der Waals surface area contributed by atoms with Crippen LogP contribution in [0.2, 0.25) is 0 Å². The van der Waals surface area contributed by atoms with Gasteiger partial charge in [0.1, 0.15) is 0 Å². The lowest BCUT2D eigenvalue weighted by Gasteiger charge is -2.12. The third-order valence-electron chi connectivity index (χ3n) is 5.60. The van der Waals surface area contributed by atoms with Crippen molar-refractivity contribution in [3.63, 3.8) is 0 Å². The van der Waals surface area contributed by atoms with Crippen LogP contribution in [-0.2, 0) is 0 Å². The maximum atomic E-state index is 10.6. The normalized spacial score (nSPS) is 13.1. The average molecular weight is 479 g/mol. The first-order valence-electron chi connectivity index (χ1n) is 11.5. The van der Waals surface area contributed by atoms with E-state index in [1.54, 1.807) is 32.7 Å². The van der Waals surface area contributed by atoms with Crippen LogP contribution in [0.4, 0.5) is 0 Å². The number of benzene rings is 2. The molecular formula is C29H34O4S. The van der Waals surface area contributed by atoms with Gasteiger partial charge in [0.2, 0.25) is 5.75 Å². The van der Waals surface area contributed by atoms with Crippen molar-refractivity contribution in [2.45, 2.75) is 38.7 Å². The summed E-state index contributed by atoms with van der Waals surface area (Å²) in [6.45, 7) is 2.12. The molecule has 0 aliphatic carbocycles. The summed E-state index contributed by atoms with van der Waals surface area (Å²) in [6, 6.07) is 14.3. The van der Waals surface area contributed by atoms with Crippen molar-refractivity contribution in [3.05, 3.63) is 82.8 Å². The van der Waals surface area contributed by atoms with Gasteiger partial charge in [0.05, 0.1) is 27.4 Å². The molecule has 3 rings (SSSR count). The van der Waals surface area contributed by atoms with Gasteiger partial charge in [-0.2, -0.15) is 0 Å². The Balaban J connectivity index is 1.43. The lowest BCUT2D eigenvalue weighted by atomic mass is 10.1. The van der Waals surface area contributed by atoms with Crippen LogP contribution < -0.4 is 14.2 Å². The van der Waals surface area contributed by atoms with Crippen LogP contribution in [0.5, 0.6) is 17.2 Å². The molecule has 1 heterocycles. The zero-order chi connectivity index (χ0) is 24.3. The number of hydrogen-bond acceptors (Lipinski definition) is 5. The summed E-state index contributed by atoms with van der Waals surface area (Å²) < 4.78 is 17.4. The predicted molar refractivity (Wildman–Crippen MR) is 143 cm³/mol. The third kappa shape index (κ3) is 6.99. The highest BCUT2D eigenvalue weighted by molar-refractivity contribution is 7.19. The van der Waals surface area contributed by atoms with E-state index in [1.165, 1.54) is 15.7 Å². The predicted octanol–water partition coefficient (Wildman–Crippen LogP) is 7.74. The van der Waals surface area contributed by atoms with Crippen LogP contribution in [0.15, 0.2) is 72.3 Å². The Hall–Kier alpha value is -3.02. The molecule has 1 unspecified atom stereocenters. The van der Waals surface area contributed by atoms with Crippen LogP contribution in [0.3, 0.4) is 0 Å². The molecule has 34 heavy (non-hydrogen) atoms. The van der Waals surface area contributed by atoms with E-state index < -0.39 is 6.10 Å². The standard InChI is InChI=1S/C29H34O4S/c1-21(16-17-24(30)28-20-23-14-10-11-15-27(23)34-28)12-8-6-5-7-9-13-22-18-25(31-2)29(33-4)26(19-22)32-3/h6,8-15,18-20,24,30H,5,7,16-17H2,1-4H3/b8-6+,13-9-,21-12+. The topological polar surface area (TPSA) is 47.9 Å². The Morgan fingerprint density at radius 1 is 0.971 bits per heavy atom. The van der Waals surface area contributed by atoms with Gasteiger partial charge in [-0.1, -0.05) is 54.2 Å². The molecular weight excluding hydrogens is 444 g/mol. The summed E-state index contributed by atoms with van der Waals surface area (Å²) in [6.07, 6.45) is 13.7. The molecule has 4 nitrogen and oxygen atoms in total. The van der Waals surface area contributed by atoms with E-state index in [9.17, 15) is 5.11 Å². The summed E-state index contributed by atoms with van der Waals surface area (Å²) in [7, 11) is 4.84. The van der Waals surface area contributed by atoms with Crippen molar-refractivity contribution in [2.24, 2.45) is 0 Å². The van der Waals surface area contributed by atoms with E-state index in [0.717, 1.165) is 36.1 Å². The van der Waals surface area contributed by atoms with Crippen molar-refractivity contribution in [1.82, 2.24) is 0 Å². The summed E-state index contributed by atoms with van der Waals surface area (Å²) in [5.74, 6) is 1.91. The molecule has 0 radical (unpaired) electrons. The molecule has 180 valence electrons. The molecule has 0 amide bonds. The monoisotopic (exact) mass is 478 g/mol. The Morgan fingerprint density at radius 2 is 1.68 bits per heavy atom. The molecule has 0 bridgehead atoms. The van der Waals surface area contributed by atoms with Crippen molar-refractivity contribution in [1.29, 1.82) is 0 Å². The van der Waals surface area contributed by atoms with Crippen LogP contribution in [0.1, 0.15) is 49.2 Å². The number of hydrogen-bond donors (Lipinski definition) is 1. The van der Waals surface area contributed by atoms with Crippen LogP contribution in [-0.4, -0.2) is 26.4 Å². The summed E-state index contributed by atoms with van der Waals surface area (Å²) >= 11 is 1.68. The van der Waals surface area contributed by atoms with Gasteiger partial charge in [0, 0.05) is 9.58 Å². The quantitative estimate of drug-likeness (QED) is 0.214. The molecule has 0 saturated carbocycles. The van der Waals surface area contributed by atoms with Crippen LogP contribution in [0, 0.1) is 0 Å². The molecule has 0 saturated heterocycles. The first-order valence-corrected chi connectivity index (χ1v) is 12.3. The van der Waals surface area contributed by atoms with Crippen molar-refractivity contribution in [3.8, 4) is 17.2 Å². The number of rotatable bonds is 12. The highest BCUT2D eigenvalue weighted by Crippen LogP contribution is 2.38. The third-order valence-corrected chi connectivity index (χ3v) is 6.82. The van der Waals surface area contributed by atoms with Gasteiger partial charge in [-0.25, -0.2) is 0 Å². The highest BCUT2D eigenvalue weighted by Gasteiger charge is 2.12. The van der Waals surface area contributed by atoms with Gasteiger partial charge in [0.15, 0.2) is 11.5 Å². The molecule has 1 aromatic heterocycles. The summed E-state index contributed by atoms with van der Waals surface area (Å²) in [5.41, 5.74) is 2.27. The van der Waals surface area contributed by atoms with Gasteiger partial charge in [-0.15, -0.1) is 11.3 Å². The van der Waals surface area contributed by atoms with Gasteiger partial charge >= 0.3 is 0 Å². The zero-order valence-electron chi connectivity index (χ0n) is 20.4. The van der Waals surface area contributed by atoms with E-state index in [0.29, 0.717) is 17.2 Å².